The molecule has 1 aromatic carbocycles. The topological polar surface area (TPSA) is 84.4 Å². The zero-order valence-electron chi connectivity index (χ0n) is 17.5. The Hall–Kier alpha value is -2.96. The zero-order valence-corrected chi connectivity index (χ0v) is 17.5. The number of benzene rings is 1. The number of carbonyl (C=O) groups is 2. The molecule has 2 amide bonds. The molecule has 158 valence electrons. The van der Waals surface area contributed by atoms with Crippen molar-refractivity contribution in [1.82, 2.24) is 20.2 Å². The van der Waals surface area contributed by atoms with Gasteiger partial charge in [-0.05, 0) is 31.9 Å². The number of aromatic nitrogens is 2. The summed E-state index contributed by atoms with van der Waals surface area (Å²) >= 11 is 0. The Labute approximate surface area is 176 Å². The molecule has 0 saturated carbocycles. The quantitative estimate of drug-likeness (QED) is 0.841. The zero-order chi connectivity index (χ0) is 21.1. The van der Waals surface area contributed by atoms with Crippen molar-refractivity contribution in [1.29, 1.82) is 0 Å². The van der Waals surface area contributed by atoms with Crippen molar-refractivity contribution in [3.05, 3.63) is 54.1 Å². The highest BCUT2D eigenvalue weighted by atomic mass is 16.5. The van der Waals surface area contributed by atoms with Crippen molar-refractivity contribution in [2.75, 3.05) is 13.1 Å². The van der Waals surface area contributed by atoms with Crippen molar-refractivity contribution in [2.24, 2.45) is 0 Å². The molecule has 1 spiro atoms. The maximum atomic E-state index is 12.7. The van der Waals surface area contributed by atoms with Crippen LogP contribution in [0.5, 0.6) is 5.75 Å². The minimum Gasteiger partial charge on any atom is -0.487 e. The Morgan fingerprint density at radius 2 is 2.00 bits per heavy atom. The van der Waals surface area contributed by atoms with Crippen LogP contribution in [0.1, 0.15) is 61.5 Å². The first kappa shape index (κ1) is 20.3. The fourth-order valence-corrected chi connectivity index (χ4v) is 4.53. The number of amides is 2. The van der Waals surface area contributed by atoms with Gasteiger partial charge in [-0.2, -0.15) is 0 Å². The third-order valence-electron chi connectivity index (χ3n) is 5.93. The normalized spacial score (nSPS) is 19.8. The molecule has 1 atom stereocenters. The maximum Gasteiger partial charge on any atom is 0.274 e. The number of nitrogens with zero attached hydrogens (tertiary/aromatic N) is 3. The molecule has 1 aromatic heterocycles. The molecule has 7 nitrogen and oxygen atoms in total. The van der Waals surface area contributed by atoms with Gasteiger partial charge in [-0.15, -0.1) is 0 Å². The van der Waals surface area contributed by atoms with Gasteiger partial charge in [-0.1, -0.05) is 18.2 Å². The van der Waals surface area contributed by atoms with E-state index in [1.807, 2.05) is 36.9 Å². The second-order valence-electron chi connectivity index (χ2n) is 8.53. The standard InChI is InChI=1S/C23H28N4O3/c1-16(2)26-21(28)13-17-14-23(30-20-6-4-3-5-18(17)20)7-11-27(12-8-23)22(29)19-15-24-9-10-25-19/h3-6,9-10,15-17H,7-8,11-14H2,1-2H3,(H,26,28)/t17-/m0/s1. The Balaban J connectivity index is 1.48. The fourth-order valence-electron chi connectivity index (χ4n) is 4.53. The van der Waals surface area contributed by atoms with E-state index in [1.165, 1.54) is 12.4 Å². The average Bonchev–Trinajstić information content (AvgIpc) is 2.74. The SMILES string of the molecule is CC(C)NC(=O)C[C@H]1CC2(CCN(C(=O)c3cnccn3)CC2)Oc2ccccc21. The first-order chi connectivity index (χ1) is 14.5. The van der Waals surface area contributed by atoms with Crippen molar-refractivity contribution < 1.29 is 14.3 Å². The molecule has 4 rings (SSSR count). The van der Waals surface area contributed by atoms with Crippen LogP contribution in [0.3, 0.4) is 0 Å². The van der Waals surface area contributed by atoms with Gasteiger partial charge in [0.15, 0.2) is 0 Å². The molecule has 7 heteroatoms. The van der Waals surface area contributed by atoms with E-state index < -0.39 is 0 Å². The second-order valence-corrected chi connectivity index (χ2v) is 8.53. The van der Waals surface area contributed by atoms with E-state index in [1.54, 1.807) is 6.20 Å². The van der Waals surface area contributed by atoms with Gasteiger partial charge in [0.25, 0.3) is 5.91 Å². The Morgan fingerprint density at radius 1 is 1.23 bits per heavy atom. The lowest BCUT2D eigenvalue weighted by molar-refractivity contribution is -0.122. The third-order valence-corrected chi connectivity index (χ3v) is 5.93. The van der Waals surface area contributed by atoms with Crippen LogP contribution in [0.4, 0.5) is 0 Å². The minimum absolute atomic E-state index is 0.0668. The number of fused-ring (bicyclic) bond motifs is 1. The van der Waals surface area contributed by atoms with Gasteiger partial charge in [0.2, 0.25) is 5.91 Å². The molecule has 1 saturated heterocycles. The highest BCUT2D eigenvalue weighted by Crippen LogP contribution is 2.46. The van der Waals surface area contributed by atoms with E-state index >= 15 is 0 Å². The molecular formula is C23H28N4O3. The van der Waals surface area contributed by atoms with E-state index in [4.69, 9.17) is 4.74 Å². The summed E-state index contributed by atoms with van der Waals surface area (Å²) in [5.74, 6) is 0.940. The lowest BCUT2D eigenvalue weighted by Gasteiger charge is -2.46. The lowest BCUT2D eigenvalue weighted by Crippen LogP contribution is -2.52. The number of likely N-dealkylation sites (tertiary alicyclic amines) is 1. The molecule has 2 aromatic rings. The summed E-state index contributed by atoms with van der Waals surface area (Å²) < 4.78 is 6.49. The van der Waals surface area contributed by atoms with Gasteiger partial charge in [0, 0.05) is 56.7 Å². The molecule has 0 bridgehead atoms. The molecule has 30 heavy (non-hydrogen) atoms. The van der Waals surface area contributed by atoms with Crippen molar-refractivity contribution in [3.63, 3.8) is 0 Å². The van der Waals surface area contributed by atoms with Gasteiger partial charge in [-0.3, -0.25) is 14.6 Å². The molecule has 2 aliphatic heterocycles. The summed E-state index contributed by atoms with van der Waals surface area (Å²) in [5.41, 5.74) is 1.11. The van der Waals surface area contributed by atoms with E-state index in [0.29, 0.717) is 25.2 Å². The number of nitrogens with one attached hydrogen (secondary N) is 1. The number of piperidine rings is 1. The summed E-state index contributed by atoms with van der Waals surface area (Å²) in [6.45, 7) is 5.15. The van der Waals surface area contributed by atoms with Gasteiger partial charge >= 0.3 is 0 Å². The minimum atomic E-state index is -0.351. The number of para-hydroxylation sites is 1. The fraction of sp³-hybridized carbons (Fsp3) is 0.478. The van der Waals surface area contributed by atoms with Crippen LogP contribution in [0.25, 0.3) is 0 Å². The number of carbonyl (C=O) groups excluding carboxylic acids is 2. The van der Waals surface area contributed by atoms with Gasteiger partial charge < -0.3 is 15.0 Å². The summed E-state index contributed by atoms with van der Waals surface area (Å²) in [7, 11) is 0. The van der Waals surface area contributed by atoms with Crippen molar-refractivity contribution >= 4 is 11.8 Å². The third kappa shape index (κ3) is 4.30. The molecular weight excluding hydrogens is 380 g/mol. The first-order valence-corrected chi connectivity index (χ1v) is 10.6. The van der Waals surface area contributed by atoms with Crippen LogP contribution in [0.15, 0.2) is 42.9 Å². The second kappa shape index (κ2) is 8.42. The van der Waals surface area contributed by atoms with Crippen molar-refractivity contribution in [3.8, 4) is 5.75 Å². The summed E-state index contributed by atoms with van der Waals surface area (Å²) in [4.78, 5) is 35.1. The largest absolute Gasteiger partial charge is 0.487 e. The summed E-state index contributed by atoms with van der Waals surface area (Å²) in [6.07, 6.45) is 7.29. The Morgan fingerprint density at radius 3 is 2.70 bits per heavy atom. The van der Waals surface area contributed by atoms with Gasteiger partial charge in [0.05, 0.1) is 6.20 Å². The molecule has 1 N–H and O–H groups in total. The number of rotatable bonds is 4. The smallest absolute Gasteiger partial charge is 0.274 e. The predicted octanol–water partition coefficient (Wildman–Crippen LogP) is 2.93. The predicted molar refractivity (Wildman–Crippen MR) is 112 cm³/mol. The highest BCUT2D eigenvalue weighted by Gasteiger charge is 2.44. The van der Waals surface area contributed by atoms with Gasteiger partial charge in [0.1, 0.15) is 17.0 Å². The summed E-state index contributed by atoms with van der Waals surface area (Å²) in [5, 5.41) is 3.01. The van der Waals surface area contributed by atoms with Crippen molar-refractivity contribution in [2.45, 2.75) is 57.1 Å². The van der Waals surface area contributed by atoms with E-state index in [2.05, 4.69) is 21.4 Å². The van der Waals surface area contributed by atoms with Gasteiger partial charge in [-0.25, -0.2) is 4.98 Å². The maximum absolute atomic E-state index is 12.7. The van der Waals surface area contributed by atoms with Crippen LogP contribution in [0.2, 0.25) is 0 Å². The number of hydrogen-bond donors (Lipinski definition) is 1. The summed E-state index contributed by atoms with van der Waals surface area (Å²) in [6, 6.07) is 8.13. The highest BCUT2D eigenvalue weighted by molar-refractivity contribution is 5.92. The number of ether oxygens (including phenoxy) is 1. The first-order valence-electron chi connectivity index (χ1n) is 10.6. The van der Waals surface area contributed by atoms with E-state index in [9.17, 15) is 9.59 Å². The van der Waals surface area contributed by atoms with E-state index in [0.717, 1.165) is 30.6 Å². The Kier molecular flexibility index (Phi) is 5.70. The number of hydrogen-bond acceptors (Lipinski definition) is 5. The molecule has 1 fully saturated rings. The van der Waals surface area contributed by atoms with Crippen LogP contribution in [0, 0.1) is 0 Å². The van der Waals surface area contributed by atoms with Crippen LogP contribution < -0.4 is 10.1 Å². The lowest BCUT2D eigenvalue weighted by atomic mass is 9.76. The molecule has 0 unspecified atom stereocenters. The monoisotopic (exact) mass is 408 g/mol. The molecule has 2 aliphatic rings. The van der Waals surface area contributed by atoms with Crippen LogP contribution in [-0.2, 0) is 4.79 Å². The Bertz CT molecular complexity index is 908. The van der Waals surface area contributed by atoms with Crippen LogP contribution >= 0.6 is 0 Å². The molecule has 0 radical (unpaired) electrons. The van der Waals surface area contributed by atoms with E-state index in [-0.39, 0.29) is 29.4 Å². The molecule has 0 aliphatic carbocycles. The average molecular weight is 409 g/mol. The van der Waals surface area contributed by atoms with Crippen LogP contribution in [-0.4, -0.2) is 51.4 Å². The molecule has 3 heterocycles.